The quantitative estimate of drug-likeness (QED) is 0.287. The number of quaternary nitrogens is 1. The number of likely N-dealkylation sites (N-methyl/N-ethyl adjacent to an activating group) is 1. The van der Waals surface area contributed by atoms with E-state index in [4.69, 9.17) is 11.6 Å². The lowest BCUT2D eigenvalue weighted by Gasteiger charge is -2.31. The number of alkyl halides is 1. The number of hydrogen-bond acceptors (Lipinski definition) is 1. The first kappa shape index (κ1) is 20.7. The summed E-state index contributed by atoms with van der Waals surface area (Å²) >= 11 is 5.64. The predicted molar refractivity (Wildman–Crippen MR) is 91.0 cm³/mol. The fourth-order valence-corrected chi connectivity index (χ4v) is 2.88. The number of carbonyl (C=O) groups is 1. The van der Waals surface area contributed by atoms with E-state index >= 15 is 0 Å². The summed E-state index contributed by atoms with van der Waals surface area (Å²) < 4.78 is 0.512. The van der Waals surface area contributed by atoms with Crippen LogP contribution in [0.25, 0.3) is 0 Å². The molecule has 0 aliphatic carbocycles. The maximum absolute atomic E-state index is 11.2. The van der Waals surface area contributed by atoms with Crippen molar-refractivity contribution in [3.8, 4) is 0 Å². The highest BCUT2D eigenvalue weighted by Crippen LogP contribution is 2.15. The van der Waals surface area contributed by atoms with Crippen molar-refractivity contribution in [1.82, 2.24) is 0 Å². The van der Waals surface area contributed by atoms with E-state index in [1.807, 2.05) is 21.1 Å². The zero-order valence-corrected chi connectivity index (χ0v) is 15.0. The van der Waals surface area contributed by atoms with E-state index in [9.17, 15) is 9.90 Å². The second-order valence-corrected chi connectivity index (χ2v) is 7.36. The first-order valence-electron chi connectivity index (χ1n) is 8.49. The molecular weight excluding hydrogens is 286 g/mol. The Morgan fingerprint density at radius 1 is 0.857 bits per heavy atom. The molecule has 3 nitrogen and oxygen atoms in total. The van der Waals surface area contributed by atoms with Crippen LogP contribution >= 0.6 is 11.6 Å². The molecule has 0 amide bonds. The van der Waals surface area contributed by atoms with Crippen LogP contribution in [0, 0.1) is 0 Å². The van der Waals surface area contributed by atoms with Gasteiger partial charge in [-0.05, 0) is 12.8 Å². The number of unbranched alkanes of at least 4 members (excludes halogenated alkanes) is 9. The minimum Gasteiger partial charge on any atom is -0.477 e. The van der Waals surface area contributed by atoms with Gasteiger partial charge in [0.05, 0.1) is 21.1 Å². The smallest absolute Gasteiger partial charge is 0.362 e. The molecule has 1 unspecified atom stereocenters. The molecule has 0 aromatic heterocycles. The van der Waals surface area contributed by atoms with Crippen molar-refractivity contribution >= 4 is 17.6 Å². The predicted octanol–water partition coefficient (Wildman–Crippen LogP) is 4.68. The number of carboxylic acid groups (broad SMARTS) is 1. The molecule has 4 heteroatoms. The lowest BCUT2D eigenvalue weighted by atomic mass is 10.0. The summed E-state index contributed by atoms with van der Waals surface area (Å²) in [6.07, 6.45) is 13.2. The molecule has 0 aromatic rings. The van der Waals surface area contributed by atoms with Crippen molar-refractivity contribution in [3.05, 3.63) is 0 Å². The van der Waals surface area contributed by atoms with Crippen molar-refractivity contribution in [2.75, 3.05) is 27.0 Å². The van der Waals surface area contributed by atoms with E-state index in [1.54, 1.807) is 0 Å². The molecule has 0 aromatic carbocycles. The molecule has 0 saturated heterocycles. The molecule has 0 saturated carbocycles. The molecule has 0 radical (unpaired) electrons. The van der Waals surface area contributed by atoms with Gasteiger partial charge < -0.3 is 9.59 Å². The van der Waals surface area contributed by atoms with Crippen molar-refractivity contribution in [2.24, 2.45) is 0 Å². The van der Waals surface area contributed by atoms with Crippen molar-refractivity contribution in [2.45, 2.75) is 76.7 Å². The van der Waals surface area contributed by atoms with Gasteiger partial charge in [-0.15, -0.1) is 11.6 Å². The summed E-state index contributed by atoms with van der Waals surface area (Å²) in [5.74, 6) is 0.129. The summed E-state index contributed by atoms with van der Waals surface area (Å²) in [6.45, 7) is 0. The van der Waals surface area contributed by atoms with Gasteiger partial charge in [0.15, 0.2) is 6.04 Å². The van der Waals surface area contributed by atoms with Crippen LogP contribution in [0.15, 0.2) is 0 Å². The van der Waals surface area contributed by atoms with Gasteiger partial charge in [-0.2, -0.15) is 0 Å². The number of hydrogen-bond donors (Lipinski definition) is 1. The summed E-state index contributed by atoms with van der Waals surface area (Å²) in [4.78, 5) is 11.2. The Balaban J connectivity index is 3.45. The van der Waals surface area contributed by atoms with Gasteiger partial charge in [-0.1, -0.05) is 51.4 Å². The normalized spacial score (nSPS) is 13.3. The van der Waals surface area contributed by atoms with Gasteiger partial charge >= 0.3 is 5.97 Å². The topological polar surface area (TPSA) is 37.3 Å². The molecule has 0 bridgehead atoms. The first-order chi connectivity index (χ1) is 9.89. The number of aliphatic carboxylic acids is 1. The summed E-state index contributed by atoms with van der Waals surface area (Å²) in [7, 11) is 5.88. The van der Waals surface area contributed by atoms with Crippen LogP contribution in [0.2, 0.25) is 0 Å². The van der Waals surface area contributed by atoms with E-state index < -0.39 is 5.97 Å². The fourth-order valence-electron chi connectivity index (χ4n) is 2.69. The van der Waals surface area contributed by atoms with Gasteiger partial charge in [0.1, 0.15) is 0 Å². The van der Waals surface area contributed by atoms with Crippen molar-refractivity contribution in [1.29, 1.82) is 0 Å². The van der Waals surface area contributed by atoms with Crippen LogP contribution in [0.5, 0.6) is 0 Å². The second-order valence-electron chi connectivity index (χ2n) is 6.98. The van der Waals surface area contributed by atoms with Crippen LogP contribution in [0.1, 0.15) is 70.6 Å². The van der Waals surface area contributed by atoms with Crippen molar-refractivity contribution < 1.29 is 14.4 Å². The van der Waals surface area contributed by atoms with Gasteiger partial charge in [-0.3, -0.25) is 0 Å². The average Bonchev–Trinajstić information content (AvgIpc) is 2.38. The Kier molecular flexibility index (Phi) is 12.1. The molecule has 1 atom stereocenters. The molecule has 0 fully saturated rings. The molecular formula is C17H35ClNO2+. The van der Waals surface area contributed by atoms with E-state index in [0.717, 1.165) is 31.6 Å². The zero-order chi connectivity index (χ0) is 16.1. The monoisotopic (exact) mass is 320 g/mol. The van der Waals surface area contributed by atoms with E-state index in [2.05, 4.69) is 0 Å². The Morgan fingerprint density at radius 3 is 1.57 bits per heavy atom. The van der Waals surface area contributed by atoms with Gasteiger partial charge in [0.25, 0.3) is 0 Å². The number of halogens is 1. The summed E-state index contributed by atoms with van der Waals surface area (Å²) in [6, 6.07) is -0.271. The molecule has 0 spiro atoms. The Hall–Kier alpha value is -0.280. The minimum absolute atomic E-state index is 0.271. The third-order valence-electron chi connectivity index (χ3n) is 4.08. The molecule has 1 N–H and O–H groups in total. The third-order valence-corrected chi connectivity index (χ3v) is 4.35. The van der Waals surface area contributed by atoms with Crippen molar-refractivity contribution in [3.63, 3.8) is 0 Å². The molecule has 126 valence electrons. The van der Waals surface area contributed by atoms with Crippen LogP contribution in [0.4, 0.5) is 0 Å². The standard InChI is InChI=1S/C17H34ClNO2/c1-19(2,3)16(17(20)21)14-12-10-8-6-4-5-7-9-11-13-15-18/h16H,4-15H2,1-3H3/p+1. The second kappa shape index (κ2) is 12.3. The highest BCUT2D eigenvalue weighted by molar-refractivity contribution is 6.17. The molecule has 0 rings (SSSR count). The Morgan fingerprint density at radius 2 is 1.24 bits per heavy atom. The van der Waals surface area contributed by atoms with Gasteiger partial charge in [-0.25, -0.2) is 4.79 Å². The lowest BCUT2D eigenvalue weighted by molar-refractivity contribution is -0.887. The lowest BCUT2D eigenvalue weighted by Crippen LogP contribution is -2.49. The van der Waals surface area contributed by atoms with Gasteiger partial charge in [0, 0.05) is 12.3 Å². The number of carboxylic acids is 1. The van der Waals surface area contributed by atoms with Crippen LogP contribution < -0.4 is 0 Å². The highest BCUT2D eigenvalue weighted by Gasteiger charge is 2.30. The molecule has 0 aliphatic rings. The van der Waals surface area contributed by atoms with Gasteiger partial charge in [0.2, 0.25) is 0 Å². The minimum atomic E-state index is -0.667. The fraction of sp³-hybridized carbons (Fsp3) is 0.941. The average molecular weight is 321 g/mol. The van der Waals surface area contributed by atoms with Crippen LogP contribution in [0.3, 0.4) is 0 Å². The Labute approximate surface area is 136 Å². The van der Waals surface area contributed by atoms with Crippen LogP contribution in [-0.2, 0) is 4.79 Å². The van der Waals surface area contributed by atoms with Crippen LogP contribution in [-0.4, -0.2) is 48.6 Å². The number of nitrogens with zero attached hydrogens (tertiary/aromatic N) is 1. The van der Waals surface area contributed by atoms with E-state index in [1.165, 1.54) is 44.9 Å². The summed E-state index contributed by atoms with van der Waals surface area (Å²) in [5.41, 5.74) is 0. The zero-order valence-electron chi connectivity index (χ0n) is 14.2. The molecule has 0 heterocycles. The maximum atomic E-state index is 11.2. The largest absolute Gasteiger partial charge is 0.477 e. The first-order valence-corrected chi connectivity index (χ1v) is 9.03. The Bertz CT molecular complexity index is 264. The highest BCUT2D eigenvalue weighted by atomic mass is 35.5. The van der Waals surface area contributed by atoms with E-state index in [-0.39, 0.29) is 6.04 Å². The third kappa shape index (κ3) is 12.0. The molecule has 21 heavy (non-hydrogen) atoms. The van der Waals surface area contributed by atoms with E-state index in [0.29, 0.717) is 4.48 Å². The maximum Gasteiger partial charge on any atom is 0.362 e. The number of rotatable bonds is 14. The summed E-state index contributed by atoms with van der Waals surface area (Å²) in [5, 5.41) is 9.25. The SMILES string of the molecule is C[N+](C)(C)C(CCCCCCCCCCCCCl)C(=O)O. The molecule has 0 aliphatic heterocycles.